The summed E-state index contributed by atoms with van der Waals surface area (Å²) in [5.74, 6) is -0.797. The maximum absolute atomic E-state index is 12.7. The van der Waals surface area contributed by atoms with E-state index in [1.165, 1.54) is 4.90 Å². The summed E-state index contributed by atoms with van der Waals surface area (Å²) in [6.45, 7) is 3.80. The second-order valence-corrected chi connectivity index (χ2v) is 6.67. The lowest BCUT2D eigenvalue weighted by Gasteiger charge is -2.18. The molecular formula is C22H22N2O3. The minimum Gasteiger partial charge on any atom is -0.507 e. The quantitative estimate of drug-likeness (QED) is 0.740. The Morgan fingerprint density at radius 3 is 2.37 bits per heavy atom. The average Bonchev–Trinajstić information content (AvgIpc) is 2.64. The zero-order valence-electron chi connectivity index (χ0n) is 15.6. The number of hydrogen-bond acceptors (Lipinski definition) is 3. The minimum absolute atomic E-state index is 0.0968. The lowest BCUT2D eigenvalue weighted by molar-refractivity contribution is -0.116. The molecule has 2 amide bonds. The number of phenols is 1. The number of carbonyl (C=O) groups excluding carboxylic acids is 2. The van der Waals surface area contributed by atoms with Gasteiger partial charge in [0.2, 0.25) is 5.91 Å². The molecule has 0 radical (unpaired) electrons. The minimum atomic E-state index is -0.408. The van der Waals surface area contributed by atoms with Crippen LogP contribution in [0.25, 0.3) is 10.8 Å². The van der Waals surface area contributed by atoms with Crippen LogP contribution in [0.2, 0.25) is 0 Å². The molecule has 0 aromatic heterocycles. The van der Waals surface area contributed by atoms with Gasteiger partial charge in [-0.2, -0.15) is 0 Å². The van der Waals surface area contributed by atoms with E-state index in [-0.39, 0.29) is 23.8 Å². The Kier molecular flexibility index (Phi) is 5.12. The molecule has 3 aromatic rings. The van der Waals surface area contributed by atoms with Crippen molar-refractivity contribution >= 4 is 28.3 Å². The molecule has 3 aromatic carbocycles. The number of phenolic OH excluding ortho intramolecular Hbond substituents is 1. The third kappa shape index (κ3) is 3.92. The second-order valence-electron chi connectivity index (χ2n) is 6.67. The molecule has 27 heavy (non-hydrogen) atoms. The van der Waals surface area contributed by atoms with Crippen molar-refractivity contribution in [2.45, 2.75) is 13.8 Å². The van der Waals surface area contributed by atoms with E-state index in [4.69, 9.17) is 0 Å². The maximum Gasteiger partial charge on any atom is 0.257 e. The van der Waals surface area contributed by atoms with Gasteiger partial charge in [0.25, 0.3) is 5.91 Å². The Morgan fingerprint density at radius 2 is 1.67 bits per heavy atom. The highest BCUT2D eigenvalue weighted by atomic mass is 16.3. The van der Waals surface area contributed by atoms with Crippen LogP contribution in [0.15, 0.2) is 54.6 Å². The molecule has 0 heterocycles. The predicted octanol–water partition coefficient (Wildman–Crippen LogP) is 3.87. The first kappa shape index (κ1) is 18.5. The molecule has 0 bridgehead atoms. The smallest absolute Gasteiger partial charge is 0.257 e. The van der Waals surface area contributed by atoms with E-state index in [1.807, 2.05) is 56.3 Å². The van der Waals surface area contributed by atoms with Gasteiger partial charge in [0.05, 0.1) is 12.1 Å². The number of aromatic hydroxyl groups is 1. The van der Waals surface area contributed by atoms with Crippen LogP contribution < -0.4 is 5.32 Å². The van der Waals surface area contributed by atoms with Crippen LogP contribution in [0.1, 0.15) is 21.5 Å². The molecule has 5 nitrogen and oxygen atoms in total. The number of anilines is 1. The largest absolute Gasteiger partial charge is 0.507 e. The number of fused-ring (bicyclic) bond motifs is 1. The zero-order chi connectivity index (χ0) is 19.6. The number of carbonyl (C=O) groups is 2. The van der Waals surface area contributed by atoms with Crippen molar-refractivity contribution in [3.05, 3.63) is 71.3 Å². The normalized spacial score (nSPS) is 10.6. The summed E-state index contributed by atoms with van der Waals surface area (Å²) >= 11 is 0. The van der Waals surface area contributed by atoms with Crippen molar-refractivity contribution in [3.8, 4) is 5.75 Å². The summed E-state index contributed by atoms with van der Waals surface area (Å²) in [4.78, 5) is 26.4. The third-order valence-corrected chi connectivity index (χ3v) is 4.70. The molecule has 0 atom stereocenters. The first-order chi connectivity index (χ1) is 12.9. The Labute approximate surface area is 158 Å². The third-order valence-electron chi connectivity index (χ3n) is 4.70. The Balaban J connectivity index is 1.75. The highest BCUT2D eigenvalue weighted by Gasteiger charge is 2.19. The van der Waals surface area contributed by atoms with Crippen molar-refractivity contribution in [2.24, 2.45) is 0 Å². The van der Waals surface area contributed by atoms with Gasteiger partial charge in [0, 0.05) is 12.7 Å². The summed E-state index contributed by atoms with van der Waals surface area (Å²) in [7, 11) is 1.54. The summed E-state index contributed by atoms with van der Waals surface area (Å²) < 4.78 is 0. The van der Waals surface area contributed by atoms with Gasteiger partial charge < -0.3 is 15.3 Å². The number of hydrogen-bond donors (Lipinski definition) is 2. The molecule has 0 unspecified atom stereocenters. The molecule has 138 valence electrons. The van der Waals surface area contributed by atoms with E-state index in [0.717, 1.165) is 27.6 Å². The van der Waals surface area contributed by atoms with Crippen LogP contribution >= 0.6 is 0 Å². The summed E-state index contributed by atoms with van der Waals surface area (Å²) in [5.41, 5.74) is 2.98. The lowest BCUT2D eigenvalue weighted by atomic mass is 10.1. The molecule has 2 N–H and O–H groups in total. The fourth-order valence-corrected chi connectivity index (χ4v) is 2.97. The first-order valence-electron chi connectivity index (χ1n) is 8.70. The van der Waals surface area contributed by atoms with E-state index in [0.29, 0.717) is 0 Å². The molecule has 0 aliphatic heterocycles. The fraction of sp³-hybridized carbons (Fsp3) is 0.182. The average molecular weight is 362 g/mol. The van der Waals surface area contributed by atoms with E-state index in [9.17, 15) is 14.7 Å². The molecule has 0 aliphatic rings. The number of benzene rings is 3. The van der Waals surface area contributed by atoms with Gasteiger partial charge in [0.15, 0.2) is 0 Å². The Hall–Kier alpha value is -3.34. The fourth-order valence-electron chi connectivity index (χ4n) is 2.97. The number of aryl methyl sites for hydroxylation is 1. The number of nitrogens with zero attached hydrogens (tertiary/aromatic N) is 1. The second kappa shape index (κ2) is 7.50. The highest BCUT2D eigenvalue weighted by molar-refractivity contribution is 6.03. The Bertz CT molecular complexity index is 1030. The topological polar surface area (TPSA) is 69.6 Å². The van der Waals surface area contributed by atoms with Crippen molar-refractivity contribution in [1.82, 2.24) is 4.90 Å². The summed E-state index contributed by atoms with van der Waals surface area (Å²) in [6, 6.07) is 16.4. The predicted molar refractivity (Wildman–Crippen MR) is 107 cm³/mol. The number of amides is 2. The zero-order valence-corrected chi connectivity index (χ0v) is 15.6. The van der Waals surface area contributed by atoms with Crippen LogP contribution in [0.5, 0.6) is 5.75 Å². The van der Waals surface area contributed by atoms with E-state index < -0.39 is 5.91 Å². The van der Waals surface area contributed by atoms with Gasteiger partial charge in [-0.15, -0.1) is 0 Å². The number of likely N-dealkylation sites (N-methyl/N-ethyl adjacent to an activating group) is 1. The number of rotatable bonds is 4. The summed E-state index contributed by atoms with van der Waals surface area (Å²) in [6.07, 6.45) is 0. The van der Waals surface area contributed by atoms with Crippen molar-refractivity contribution < 1.29 is 14.7 Å². The number of nitrogens with one attached hydrogen (secondary N) is 1. The molecular weight excluding hydrogens is 340 g/mol. The lowest BCUT2D eigenvalue weighted by Crippen LogP contribution is -2.35. The highest BCUT2D eigenvalue weighted by Crippen LogP contribution is 2.26. The SMILES string of the molecule is Cc1cccc(NC(=O)CN(C)C(=O)c2cc3ccccc3cc2O)c1C. The molecule has 0 saturated carbocycles. The molecule has 3 rings (SSSR count). The van der Waals surface area contributed by atoms with Gasteiger partial charge in [-0.25, -0.2) is 0 Å². The van der Waals surface area contributed by atoms with E-state index >= 15 is 0 Å². The molecule has 0 spiro atoms. The van der Waals surface area contributed by atoms with E-state index in [2.05, 4.69) is 5.32 Å². The van der Waals surface area contributed by atoms with Gasteiger partial charge >= 0.3 is 0 Å². The molecule has 5 heteroatoms. The molecule has 0 saturated heterocycles. The standard InChI is InChI=1S/C22H22N2O3/c1-14-7-6-10-19(15(14)2)23-21(26)13-24(3)22(27)18-11-16-8-4-5-9-17(16)12-20(18)25/h4-12,25H,13H2,1-3H3,(H,23,26). The van der Waals surface area contributed by atoms with Crippen molar-refractivity contribution in [1.29, 1.82) is 0 Å². The van der Waals surface area contributed by atoms with Crippen LogP contribution in [0.3, 0.4) is 0 Å². The Morgan fingerprint density at radius 1 is 1.00 bits per heavy atom. The van der Waals surface area contributed by atoms with Crippen LogP contribution in [-0.2, 0) is 4.79 Å². The van der Waals surface area contributed by atoms with Gasteiger partial charge in [-0.1, -0.05) is 36.4 Å². The molecule has 0 fully saturated rings. The van der Waals surface area contributed by atoms with E-state index in [1.54, 1.807) is 19.2 Å². The van der Waals surface area contributed by atoms with Gasteiger partial charge in [-0.05, 0) is 53.9 Å². The van der Waals surface area contributed by atoms with Crippen molar-refractivity contribution in [2.75, 3.05) is 18.9 Å². The van der Waals surface area contributed by atoms with Crippen LogP contribution in [0, 0.1) is 13.8 Å². The van der Waals surface area contributed by atoms with Crippen molar-refractivity contribution in [3.63, 3.8) is 0 Å². The van der Waals surface area contributed by atoms with Gasteiger partial charge in [-0.3, -0.25) is 9.59 Å². The maximum atomic E-state index is 12.7. The van der Waals surface area contributed by atoms with Crippen LogP contribution in [0.4, 0.5) is 5.69 Å². The van der Waals surface area contributed by atoms with Crippen LogP contribution in [-0.4, -0.2) is 35.4 Å². The first-order valence-corrected chi connectivity index (χ1v) is 8.70. The monoisotopic (exact) mass is 362 g/mol. The molecule has 0 aliphatic carbocycles. The van der Waals surface area contributed by atoms with Gasteiger partial charge in [0.1, 0.15) is 5.75 Å². The summed E-state index contributed by atoms with van der Waals surface area (Å²) in [5, 5.41) is 14.8.